The number of sulfone groups is 1. The zero-order valence-electron chi connectivity index (χ0n) is 17.6. The highest BCUT2D eigenvalue weighted by molar-refractivity contribution is 7.90. The van der Waals surface area contributed by atoms with E-state index in [0.29, 0.717) is 24.3 Å². The van der Waals surface area contributed by atoms with Crippen molar-refractivity contribution in [1.82, 2.24) is 15.3 Å². The smallest absolute Gasteiger partial charge is 0.253 e. The third-order valence-corrected chi connectivity index (χ3v) is 8.44. The Morgan fingerprint density at radius 3 is 2.67 bits per heavy atom. The quantitative estimate of drug-likeness (QED) is 0.367. The van der Waals surface area contributed by atoms with Crippen LogP contribution in [0.2, 0.25) is 5.02 Å². The molecule has 1 spiro atoms. The fourth-order valence-corrected chi connectivity index (χ4v) is 6.41. The molecule has 0 radical (unpaired) electrons. The SMILES string of the molecule is CS(=O)(=O)c1cc(C(=O)N[C@@]2(N)C#CC3(CC(N)(c4nc5cc(Cl)ccc5s4)C3)C2)ccn1. The number of benzene rings is 1. The van der Waals surface area contributed by atoms with E-state index in [4.69, 9.17) is 23.1 Å². The van der Waals surface area contributed by atoms with E-state index in [-0.39, 0.29) is 10.6 Å². The van der Waals surface area contributed by atoms with Crippen LogP contribution in [-0.2, 0) is 15.4 Å². The van der Waals surface area contributed by atoms with E-state index in [1.54, 1.807) is 11.3 Å². The molecule has 1 amide bonds. The number of nitrogens with two attached hydrogens (primary N) is 2. The summed E-state index contributed by atoms with van der Waals surface area (Å²) in [6.45, 7) is 0. The van der Waals surface area contributed by atoms with E-state index in [2.05, 4.69) is 27.1 Å². The summed E-state index contributed by atoms with van der Waals surface area (Å²) < 4.78 is 24.5. The molecule has 33 heavy (non-hydrogen) atoms. The molecule has 5 rings (SSSR count). The van der Waals surface area contributed by atoms with Gasteiger partial charge in [0.25, 0.3) is 5.91 Å². The van der Waals surface area contributed by atoms with Crippen molar-refractivity contribution in [3.8, 4) is 11.8 Å². The Hall–Kier alpha value is -2.55. The van der Waals surface area contributed by atoms with E-state index >= 15 is 0 Å². The number of rotatable bonds is 4. The number of carbonyl (C=O) groups excluding carboxylic acids is 1. The standard InChI is InChI=1S/C22H20ClN5O3S2/c1-33(30,31)17-8-13(4-7-26-17)18(29)28-22(25)6-5-20(12-22)10-21(24,11-20)19-27-15-9-14(23)2-3-16(15)32-19/h2-4,7-9H,10-12,24-25H2,1H3,(H,28,29)/t20?,21?,22-/m0/s1. The van der Waals surface area contributed by atoms with Gasteiger partial charge in [-0.1, -0.05) is 23.4 Å². The number of aromatic nitrogens is 2. The van der Waals surface area contributed by atoms with Gasteiger partial charge in [-0.15, -0.1) is 11.3 Å². The molecule has 2 aromatic heterocycles. The van der Waals surface area contributed by atoms with Gasteiger partial charge in [-0.25, -0.2) is 18.4 Å². The molecule has 1 saturated carbocycles. The molecular formula is C22H20ClN5O3S2. The first kappa shape index (κ1) is 22.3. The molecule has 5 N–H and O–H groups in total. The van der Waals surface area contributed by atoms with Gasteiger partial charge in [-0.3, -0.25) is 10.5 Å². The predicted molar refractivity (Wildman–Crippen MR) is 126 cm³/mol. The van der Waals surface area contributed by atoms with Crippen LogP contribution >= 0.6 is 22.9 Å². The Kier molecular flexibility index (Phi) is 4.87. The fourth-order valence-electron chi connectivity index (χ4n) is 4.60. The molecule has 2 heterocycles. The van der Waals surface area contributed by atoms with Crippen LogP contribution in [0.1, 0.15) is 34.6 Å². The maximum atomic E-state index is 12.8. The molecule has 3 aromatic rings. The van der Waals surface area contributed by atoms with Crippen LogP contribution in [0.5, 0.6) is 0 Å². The number of nitrogens with one attached hydrogen (secondary N) is 1. The number of hydrogen-bond donors (Lipinski definition) is 3. The van der Waals surface area contributed by atoms with Crippen LogP contribution < -0.4 is 16.8 Å². The van der Waals surface area contributed by atoms with Crippen LogP contribution in [0.15, 0.2) is 41.6 Å². The third-order valence-electron chi connectivity index (χ3n) is 5.96. The molecular weight excluding hydrogens is 482 g/mol. The second-order valence-electron chi connectivity index (χ2n) is 8.93. The number of halogens is 1. The Balaban J connectivity index is 1.30. The Labute approximate surface area is 199 Å². The van der Waals surface area contributed by atoms with Crippen LogP contribution in [0.3, 0.4) is 0 Å². The van der Waals surface area contributed by atoms with Crippen LogP contribution in [0, 0.1) is 17.3 Å². The zero-order chi connectivity index (χ0) is 23.6. The van der Waals surface area contributed by atoms with Gasteiger partial charge in [0.05, 0.1) is 15.8 Å². The highest BCUT2D eigenvalue weighted by Gasteiger charge is 2.58. The van der Waals surface area contributed by atoms with Crippen molar-refractivity contribution in [2.24, 2.45) is 16.9 Å². The van der Waals surface area contributed by atoms with E-state index in [9.17, 15) is 13.2 Å². The molecule has 0 unspecified atom stereocenters. The van der Waals surface area contributed by atoms with Crippen molar-refractivity contribution in [2.75, 3.05) is 6.26 Å². The van der Waals surface area contributed by atoms with Gasteiger partial charge in [0.1, 0.15) is 5.01 Å². The molecule has 2 aliphatic rings. The second kappa shape index (κ2) is 7.22. The van der Waals surface area contributed by atoms with E-state index < -0.39 is 32.4 Å². The molecule has 0 bridgehead atoms. The second-order valence-corrected chi connectivity index (χ2v) is 12.4. The minimum atomic E-state index is -3.54. The Bertz CT molecular complexity index is 1480. The number of amides is 1. The van der Waals surface area contributed by atoms with Gasteiger partial charge in [0, 0.05) is 34.9 Å². The molecule has 0 aliphatic heterocycles. The molecule has 0 saturated heterocycles. The van der Waals surface area contributed by atoms with E-state index in [1.807, 2.05) is 18.2 Å². The lowest BCUT2D eigenvalue weighted by Crippen LogP contribution is -2.60. The maximum absolute atomic E-state index is 12.8. The summed E-state index contributed by atoms with van der Waals surface area (Å²) in [5.41, 5.74) is 11.8. The van der Waals surface area contributed by atoms with Crippen molar-refractivity contribution in [1.29, 1.82) is 0 Å². The number of nitrogens with zero attached hydrogens (tertiary/aromatic N) is 2. The lowest BCUT2D eigenvalue weighted by molar-refractivity contribution is 0.0581. The lowest BCUT2D eigenvalue weighted by atomic mass is 9.57. The number of fused-ring (bicyclic) bond motifs is 1. The summed E-state index contributed by atoms with van der Waals surface area (Å²) in [5, 5.41) is 4.01. The predicted octanol–water partition coefficient (Wildman–Crippen LogP) is 2.17. The normalized spacial score (nSPS) is 28.4. The minimum absolute atomic E-state index is 0.146. The van der Waals surface area contributed by atoms with Gasteiger partial charge >= 0.3 is 0 Å². The Morgan fingerprint density at radius 2 is 1.94 bits per heavy atom. The van der Waals surface area contributed by atoms with Crippen LogP contribution in [0.4, 0.5) is 0 Å². The average molecular weight is 502 g/mol. The monoisotopic (exact) mass is 501 g/mol. The highest BCUT2D eigenvalue weighted by Crippen LogP contribution is 2.57. The van der Waals surface area contributed by atoms with Gasteiger partial charge in [-0.05, 0) is 43.2 Å². The first-order valence-corrected chi connectivity index (χ1v) is 13.1. The molecule has 8 nitrogen and oxygen atoms in total. The first-order chi connectivity index (χ1) is 15.4. The summed E-state index contributed by atoms with van der Waals surface area (Å²) >= 11 is 7.61. The van der Waals surface area contributed by atoms with Gasteiger partial charge in [-0.2, -0.15) is 0 Å². The van der Waals surface area contributed by atoms with Crippen LogP contribution in [0.25, 0.3) is 10.2 Å². The number of pyridine rings is 1. The van der Waals surface area contributed by atoms with Crippen molar-refractivity contribution >= 4 is 48.9 Å². The summed E-state index contributed by atoms with van der Waals surface area (Å²) in [4.78, 5) is 21.2. The van der Waals surface area contributed by atoms with E-state index in [0.717, 1.165) is 21.5 Å². The van der Waals surface area contributed by atoms with Crippen LogP contribution in [-0.4, -0.2) is 36.2 Å². The summed E-state index contributed by atoms with van der Waals surface area (Å²) in [5.74, 6) is 5.65. The molecule has 170 valence electrons. The third kappa shape index (κ3) is 4.00. The van der Waals surface area contributed by atoms with Crippen molar-refractivity contribution < 1.29 is 13.2 Å². The molecule has 1 aromatic carbocycles. The molecule has 11 heteroatoms. The molecule has 1 atom stereocenters. The lowest BCUT2D eigenvalue weighted by Gasteiger charge is -2.50. The number of thiazole rings is 1. The molecule has 1 fully saturated rings. The van der Waals surface area contributed by atoms with Crippen molar-refractivity contribution in [3.63, 3.8) is 0 Å². The number of carbonyl (C=O) groups is 1. The van der Waals surface area contributed by atoms with Crippen molar-refractivity contribution in [3.05, 3.63) is 52.1 Å². The number of hydrogen-bond acceptors (Lipinski definition) is 8. The largest absolute Gasteiger partial charge is 0.324 e. The zero-order valence-corrected chi connectivity index (χ0v) is 19.9. The summed E-state index contributed by atoms with van der Waals surface area (Å²) in [6.07, 6.45) is 3.83. The Morgan fingerprint density at radius 1 is 1.18 bits per heavy atom. The van der Waals surface area contributed by atoms with Gasteiger partial charge in [0.15, 0.2) is 20.5 Å². The van der Waals surface area contributed by atoms with Crippen molar-refractivity contribution in [2.45, 2.75) is 35.5 Å². The minimum Gasteiger partial charge on any atom is -0.324 e. The van der Waals surface area contributed by atoms with E-state index in [1.165, 1.54) is 18.3 Å². The first-order valence-electron chi connectivity index (χ1n) is 10.1. The topological polar surface area (TPSA) is 141 Å². The summed E-state index contributed by atoms with van der Waals surface area (Å²) in [7, 11) is -3.54. The van der Waals surface area contributed by atoms with Gasteiger partial charge in [0.2, 0.25) is 0 Å². The average Bonchev–Trinajstić information content (AvgIpc) is 3.28. The van der Waals surface area contributed by atoms with Gasteiger partial charge < -0.3 is 11.1 Å². The fraction of sp³-hybridized carbons (Fsp3) is 0.318. The highest BCUT2D eigenvalue weighted by atomic mass is 35.5. The summed E-state index contributed by atoms with van der Waals surface area (Å²) in [6, 6.07) is 8.23. The maximum Gasteiger partial charge on any atom is 0.253 e. The molecule has 2 aliphatic carbocycles.